The van der Waals surface area contributed by atoms with Crippen molar-refractivity contribution in [2.75, 3.05) is 19.0 Å². The molecule has 0 radical (unpaired) electrons. The summed E-state index contributed by atoms with van der Waals surface area (Å²) in [6.45, 7) is 4.27. The molecule has 0 atom stereocenters. The lowest BCUT2D eigenvalue weighted by Crippen LogP contribution is -2.09. The van der Waals surface area contributed by atoms with Gasteiger partial charge in [0, 0.05) is 13.2 Å². The lowest BCUT2D eigenvalue weighted by atomic mass is 10.3. The normalized spacial score (nSPS) is 9.64. The summed E-state index contributed by atoms with van der Waals surface area (Å²) in [5.41, 5.74) is 0.731. The van der Waals surface area contributed by atoms with E-state index < -0.39 is 0 Å². The zero-order chi connectivity index (χ0) is 10.6. The van der Waals surface area contributed by atoms with Gasteiger partial charge >= 0.3 is 0 Å². The second-order valence-electron chi connectivity index (χ2n) is 2.65. The Bertz CT molecular complexity index is 341. The molecule has 1 aromatic rings. The summed E-state index contributed by atoms with van der Waals surface area (Å²) in [5.74, 6) is 1.41. The van der Waals surface area contributed by atoms with E-state index in [0.29, 0.717) is 23.3 Å². The van der Waals surface area contributed by atoms with Gasteiger partial charge in [-0.3, -0.25) is 0 Å². The maximum atomic E-state index is 5.22. The van der Waals surface area contributed by atoms with Gasteiger partial charge in [0.05, 0.1) is 12.2 Å². The first-order valence-corrected chi connectivity index (χ1v) is 4.78. The van der Waals surface area contributed by atoms with Crippen molar-refractivity contribution in [1.82, 2.24) is 9.97 Å². The van der Waals surface area contributed by atoms with E-state index in [1.807, 2.05) is 13.8 Å². The monoisotopic (exact) mass is 211 g/mol. The average molecular weight is 211 g/mol. The summed E-state index contributed by atoms with van der Waals surface area (Å²) in [6.07, 6.45) is 1.67. The zero-order valence-corrected chi connectivity index (χ0v) is 9.31. The largest absolute Gasteiger partial charge is 0.483 e. The minimum Gasteiger partial charge on any atom is -0.483 e. The fraction of sp³-hybridized carbons (Fsp3) is 0.444. The SMILES string of the molecule is CCOC(=S)c1cnc(C)nc1NC. The van der Waals surface area contributed by atoms with Crippen molar-refractivity contribution in [3.05, 3.63) is 17.6 Å². The minimum absolute atomic E-state index is 0.428. The molecule has 1 N–H and O–H groups in total. The van der Waals surface area contributed by atoms with Gasteiger partial charge in [-0.15, -0.1) is 0 Å². The highest BCUT2D eigenvalue weighted by Gasteiger charge is 2.09. The second kappa shape index (κ2) is 4.85. The molecule has 4 nitrogen and oxygen atoms in total. The highest BCUT2D eigenvalue weighted by atomic mass is 32.1. The third-order valence-corrected chi connectivity index (χ3v) is 1.98. The summed E-state index contributed by atoms with van der Waals surface area (Å²) in [6, 6.07) is 0. The van der Waals surface area contributed by atoms with Gasteiger partial charge in [-0.05, 0) is 26.1 Å². The number of hydrogen-bond donors (Lipinski definition) is 1. The van der Waals surface area contributed by atoms with E-state index in [0.717, 1.165) is 5.56 Å². The molecule has 0 aromatic carbocycles. The van der Waals surface area contributed by atoms with Crippen LogP contribution in [0, 0.1) is 6.92 Å². The van der Waals surface area contributed by atoms with Crippen LogP contribution in [0.25, 0.3) is 0 Å². The van der Waals surface area contributed by atoms with Gasteiger partial charge in [0.15, 0.2) is 5.05 Å². The molecule has 0 saturated carbocycles. The molecule has 0 unspecified atom stereocenters. The number of aryl methyl sites for hydroxylation is 1. The van der Waals surface area contributed by atoms with Crippen molar-refractivity contribution in [3.63, 3.8) is 0 Å². The van der Waals surface area contributed by atoms with Crippen LogP contribution in [0.3, 0.4) is 0 Å². The zero-order valence-electron chi connectivity index (χ0n) is 8.50. The van der Waals surface area contributed by atoms with E-state index in [-0.39, 0.29) is 0 Å². The number of nitrogens with zero attached hydrogens (tertiary/aromatic N) is 2. The highest BCUT2D eigenvalue weighted by Crippen LogP contribution is 2.12. The van der Waals surface area contributed by atoms with Crippen LogP contribution in [0.15, 0.2) is 6.20 Å². The number of ether oxygens (including phenoxy) is 1. The molecule has 0 aliphatic rings. The van der Waals surface area contributed by atoms with Crippen LogP contribution in [0.2, 0.25) is 0 Å². The molecule has 0 fully saturated rings. The van der Waals surface area contributed by atoms with Gasteiger partial charge < -0.3 is 10.1 Å². The van der Waals surface area contributed by atoms with Gasteiger partial charge in [0.2, 0.25) is 0 Å². The summed E-state index contributed by atoms with van der Waals surface area (Å²) in [7, 11) is 1.79. The summed E-state index contributed by atoms with van der Waals surface area (Å²) in [5, 5.41) is 3.38. The molecule has 14 heavy (non-hydrogen) atoms. The molecule has 1 rings (SSSR count). The first-order chi connectivity index (χ1) is 6.69. The molecule has 1 aromatic heterocycles. The Morgan fingerprint density at radius 2 is 2.36 bits per heavy atom. The van der Waals surface area contributed by atoms with Crippen LogP contribution >= 0.6 is 12.2 Å². The van der Waals surface area contributed by atoms with Crippen molar-refractivity contribution in [2.45, 2.75) is 13.8 Å². The Morgan fingerprint density at radius 3 is 2.93 bits per heavy atom. The third-order valence-electron chi connectivity index (χ3n) is 1.64. The van der Waals surface area contributed by atoms with E-state index in [9.17, 15) is 0 Å². The summed E-state index contributed by atoms with van der Waals surface area (Å²) >= 11 is 5.07. The van der Waals surface area contributed by atoms with Gasteiger partial charge in [0.25, 0.3) is 0 Å². The maximum absolute atomic E-state index is 5.22. The van der Waals surface area contributed by atoms with Crippen molar-refractivity contribution in [2.24, 2.45) is 0 Å². The van der Waals surface area contributed by atoms with E-state index >= 15 is 0 Å². The number of anilines is 1. The van der Waals surface area contributed by atoms with Crippen molar-refractivity contribution < 1.29 is 4.74 Å². The topological polar surface area (TPSA) is 47.0 Å². The van der Waals surface area contributed by atoms with E-state index in [1.165, 1.54) is 0 Å². The van der Waals surface area contributed by atoms with Crippen LogP contribution in [0.4, 0.5) is 5.82 Å². The van der Waals surface area contributed by atoms with Crippen molar-refractivity contribution >= 4 is 23.1 Å². The lowest BCUT2D eigenvalue weighted by molar-refractivity contribution is 0.337. The Hall–Kier alpha value is -1.23. The van der Waals surface area contributed by atoms with E-state index in [1.54, 1.807) is 13.2 Å². The third kappa shape index (κ3) is 2.38. The molecule has 0 spiro atoms. The van der Waals surface area contributed by atoms with E-state index in [4.69, 9.17) is 17.0 Å². The van der Waals surface area contributed by atoms with Gasteiger partial charge in [-0.1, -0.05) is 0 Å². The van der Waals surface area contributed by atoms with Crippen LogP contribution in [-0.2, 0) is 4.74 Å². The molecule has 0 amide bonds. The van der Waals surface area contributed by atoms with Crippen molar-refractivity contribution in [3.8, 4) is 0 Å². The smallest absolute Gasteiger partial charge is 0.196 e. The molecular formula is C9H13N3OS. The molecule has 1 heterocycles. The highest BCUT2D eigenvalue weighted by molar-refractivity contribution is 7.80. The predicted molar refractivity (Wildman–Crippen MR) is 59.6 cm³/mol. The van der Waals surface area contributed by atoms with Crippen LogP contribution < -0.4 is 5.32 Å². The lowest BCUT2D eigenvalue weighted by Gasteiger charge is -2.09. The Kier molecular flexibility index (Phi) is 3.76. The van der Waals surface area contributed by atoms with Gasteiger partial charge in [-0.25, -0.2) is 9.97 Å². The number of aromatic nitrogens is 2. The van der Waals surface area contributed by atoms with Gasteiger partial charge in [0.1, 0.15) is 11.6 Å². The summed E-state index contributed by atoms with van der Waals surface area (Å²) < 4.78 is 5.22. The number of rotatable bonds is 3. The summed E-state index contributed by atoms with van der Waals surface area (Å²) in [4.78, 5) is 8.28. The Labute approximate surface area is 88.7 Å². The fourth-order valence-electron chi connectivity index (χ4n) is 1.02. The quantitative estimate of drug-likeness (QED) is 0.768. The molecule has 0 aliphatic carbocycles. The standard InChI is InChI=1S/C9H13N3OS/c1-4-13-9(14)7-5-11-6(2)12-8(7)10-3/h5H,4H2,1-3H3,(H,10,11,12). The van der Waals surface area contributed by atoms with Crippen LogP contribution in [0.5, 0.6) is 0 Å². The van der Waals surface area contributed by atoms with Crippen LogP contribution in [0.1, 0.15) is 18.3 Å². The van der Waals surface area contributed by atoms with Crippen LogP contribution in [-0.4, -0.2) is 28.7 Å². The molecule has 5 heteroatoms. The predicted octanol–water partition coefficient (Wildman–Crippen LogP) is 1.54. The molecule has 0 saturated heterocycles. The first kappa shape index (κ1) is 10.8. The second-order valence-corrected chi connectivity index (χ2v) is 3.02. The molecule has 0 aliphatic heterocycles. The Balaban J connectivity index is 3.01. The minimum atomic E-state index is 0.428. The molecular weight excluding hydrogens is 198 g/mol. The Morgan fingerprint density at radius 1 is 1.64 bits per heavy atom. The average Bonchev–Trinajstić information content (AvgIpc) is 2.17. The van der Waals surface area contributed by atoms with Crippen molar-refractivity contribution in [1.29, 1.82) is 0 Å². The van der Waals surface area contributed by atoms with E-state index in [2.05, 4.69) is 15.3 Å². The number of thiocarbonyl (C=S) groups is 1. The first-order valence-electron chi connectivity index (χ1n) is 4.37. The van der Waals surface area contributed by atoms with Gasteiger partial charge in [-0.2, -0.15) is 0 Å². The number of hydrogen-bond acceptors (Lipinski definition) is 5. The molecule has 0 bridgehead atoms. The number of nitrogens with one attached hydrogen (secondary N) is 1. The molecule has 76 valence electrons. The maximum Gasteiger partial charge on any atom is 0.196 e. The fourth-order valence-corrected chi connectivity index (χ4v) is 1.29.